The minimum Gasteiger partial charge on any atom is -0.508 e. The minimum absolute atomic E-state index is 0.198. The van der Waals surface area contributed by atoms with Crippen LogP contribution in [0.2, 0.25) is 0 Å². The van der Waals surface area contributed by atoms with E-state index in [2.05, 4.69) is 11.9 Å². The summed E-state index contributed by atoms with van der Waals surface area (Å²) in [6, 6.07) is 5.22. The molecular weight excluding hydrogens is 178 g/mol. The average Bonchev–Trinajstić information content (AvgIpc) is 2.19. The second-order valence-corrected chi connectivity index (χ2v) is 3.04. The second kappa shape index (κ2) is 4.46. The summed E-state index contributed by atoms with van der Waals surface area (Å²) in [6.45, 7) is 5.62. The standard InChI is InChI=1S/C11H13NO2/c1-3-11(14)12-7-9-4-5-10(13)8(2)6-9/h3-6,13H,1,7H2,2H3,(H,12,14). The first kappa shape index (κ1) is 10.3. The first-order chi connectivity index (χ1) is 6.63. The number of amides is 1. The summed E-state index contributed by atoms with van der Waals surface area (Å²) in [5.41, 5.74) is 1.76. The molecule has 0 aliphatic rings. The summed E-state index contributed by atoms with van der Waals surface area (Å²) >= 11 is 0. The van der Waals surface area contributed by atoms with Gasteiger partial charge in [-0.15, -0.1) is 0 Å². The van der Waals surface area contributed by atoms with Crippen LogP contribution < -0.4 is 5.32 Å². The highest BCUT2D eigenvalue weighted by atomic mass is 16.3. The number of carbonyl (C=O) groups excluding carboxylic acids is 1. The third-order valence-corrected chi connectivity index (χ3v) is 1.91. The van der Waals surface area contributed by atoms with E-state index < -0.39 is 0 Å². The molecule has 0 spiro atoms. The molecule has 0 radical (unpaired) electrons. The van der Waals surface area contributed by atoms with Gasteiger partial charge < -0.3 is 10.4 Å². The monoisotopic (exact) mass is 191 g/mol. The number of rotatable bonds is 3. The lowest BCUT2D eigenvalue weighted by Gasteiger charge is -2.04. The summed E-state index contributed by atoms with van der Waals surface area (Å²) < 4.78 is 0. The molecule has 0 aliphatic heterocycles. The number of aromatic hydroxyl groups is 1. The van der Waals surface area contributed by atoms with Gasteiger partial charge in [-0.25, -0.2) is 0 Å². The van der Waals surface area contributed by atoms with Crippen LogP contribution in [0.5, 0.6) is 5.75 Å². The molecule has 0 saturated heterocycles. The molecule has 1 aromatic rings. The number of carbonyl (C=O) groups is 1. The van der Waals surface area contributed by atoms with Gasteiger partial charge in [0.15, 0.2) is 0 Å². The highest BCUT2D eigenvalue weighted by Crippen LogP contribution is 2.16. The molecule has 14 heavy (non-hydrogen) atoms. The van der Waals surface area contributed by atoms with Crippen LogP contribution in [-0.2, 0) is 11.3 Å². The van der Waals surface area contributed by atoms with Gasteiger partial charge in [-0.05, 0) is 30.2 Å². The molecule has 0 bridgehead atoms. The molecule has 2 N–H and O–H groups in total. The zero-order valence-corrected chi connectivity index (χ0v) is 8.08. The highest BCUT2D eigenvalue weighted by Gasteiger charge is 1.99. The lowest BCUT2D eigenvalue weighted by atomic mass is 10.1. The van der Waals surface area contributed by atoms with Crippen LogP contribution in [0.25, 0.3) is 0 Å². The van der Waals surface area contributed by atoms with E-state index >= 15 is 0 Å². The van der Waals surface area contributed by atoms with E-state index in [0.717, 1.165) is 11.1 Å². The molecule has 3 heteroatoms. The Kier molecular flexibility index (Phi) is 3.29. The Morgan fingerprint density at radius 2 is 2.36 bits per heavy atom. The van der Waals surface area contributed by atoms with E-state index in [1.807, 2.05) is 13.0 Å². The Balaban J connectivity index is 2.64. The molecule has 1 rings (SSSR count). The molecule has 0 aromatic heterocycles. The summed E-state index contributed by atoms with van der Waals surface area (Å²) in [7, 11) is 0. The van der Waals surface area contributed by atoms with Gasteiger partial charge in [-0.2, -0.15) is 0 Å². The lowest BCUT2D eigenvalue weighted by Crippen LogP contribution is -2.19. The highest BCUT2D eigenvalue weighted by molar-refractivity contribution is 5.86. The molecule has 0 aliphatic carbocycles. The van der Waals surface area contributed by atoms with Crippen molar-refractivity contribution >= 4 is 5.91 Å². The van der Waals surface area contributed by atoms with Crippen LogP contribution in [-0.4, -0.2) is 11.0 Å². The van der Waals surface area contributed by atoms with E-state index in [1.54, 1.807) is 12.1 Å². The molecule has 0 atom stereocenters. The van der Waals surface area contributed by atoms with Gasteiger partial charge in [-0.1, -0.05) is 18.7 Å². The predicted molar refractivity (Wildman–Crippen MR) is 54.9 cm³/mol. The number of aryl methyl sites for hydroxylation is 1. The third-order valence-electron chi connectivity index (χ3n) is 1.91. The molecular formula is C11H13NO2. The van der Waals surface area contributed by atoms with Crippen LogP contribution in [0.4, 0.5) is 0 Å². The zero-order chi connectivity index (χ0) is 10.6. The Bertz CT molecular complexity index is 358. The van der Waals surface area contributed by atoms with E-state index in [4.69, 9.17) is 0 Å². The molecule has 74 valence electrons. The second-order valence-electron chi connectivity index (χ2n) is 3.04. The van der Waals surface area contributed by atoms with Gasteiger partial charge in [0.05, 0.1) is 0 Å². The fourth-order valence-corrected chi connectivity index (χ4v) is 1.09. The zero-order valence-electron chi connectivity index (χ0n) is 8.08. The molecule has 0 heterocycles. The smallest absolute Gasteiger partial charge is 0.243 e. The molecule has 1 aromatic carbocycles. The summed E-state index contributed by atoms with van der Waals surface area (Å²) in [5, 5.41) is 11.9. The van der Waals surface area contributed by atoms with Gasteiger partial charge in [0.1, 0.15) is 5.75 Å². The van der Waals surface area contributed by atoms with Crippen molar-refractivity contribution in [1.82, 2.24) is 5.32 Å². The Labute approximate surface area is 83.1 Å². The summed E-state index contributed by atoms with van der Waals surface area (Å²) in [5.74, 6) is 0.0690. The normalized spacial score (nSPS) is 9.50. The maximum Gasteiger partial charge on any atom is 0.243 e. The predicted octanol–water partition coefficient (Wildman–Crippen LogP) is 1.50. The van der Waals surface area contributed by atoms with Crippen molar-refractivity contribution in [3.05, 3.63) is 42.0 Å². The molecule has 0 fully saturated rings. The topological polar surface area (TPSA) is 49.3 Å². The van der Waals surface area contributed by atoms with Gasteiger partial charge in [0.25, 0.3) is 0 Å². The van der Waals surface area contributed by atoms with Crippen LogP contribution >= 0.6 is 0 Å². The summed E-state index contributed by atoms with van der Waals surface area (Å²) in [4.78, 5) is 10.9. The first-order valence-electron chi connectivity index (χ1n) is 4.32. The van der Waals surface area contributed by atoms with Gasteiger partial charge in [0.2, 0.25) is 5.91 Å². The number of nitrogens with one attached hydrogen (secondary N) is 1. The van der Waals surface area contributed by atoms with Crippen molar-refractivity contribution in [2.24, 2.45) is 0 Å². The Morgan fingerprint density at radius 3 is 2.93 bits per heavy atom. The number of hydrogen-bond acceptors (Lipinski definition) is 2. The van der Waals surface area contributed by atoms with Crippen molar-refractivity contribution in [3.8, 4) is 5.75 Å². The molecule has 0 saturated carbocycles. The molecule has 3 nitrogen and oxygen atoms in total. The van der Waals surface area contributed by atoms with Crippen LogP contribution in [0.3, 0.4) is 0 Å². The van der Waals surface area contributed by atoms with Crippen molar-refractivity contribution in [2.75, 3.05) is 0 Å². The van der Waals surface area contributed by atoms with E-state index in [9.17, 15) is 9.90 Å². The molecule has 1 amide bonds. The fraction of sp³-hybridized carbons (Fsp3) is 0.182. The van der Waals surface area contributed by atoms with E-state index in [0.29, 0.717) is 6.54 Å². The van der Waals surface area contributed by atoms with Gasteiger partial charge >= 0.3 is 0 Å². The Hall–Kier alpha value is -1.77. The largest absolute Gasteiger partial charge is 0.508 e. The quantitative estimate of drug-likeness (QED) is 0.711. The van der Waals surface area contributed by atoms with E-state index in [1.165, 1.54) is 6.08 Å². The van der Waals surface area contributed by atoms with Crippen LogP contribution in [0.1, 0.15) is 11.1 Å². The number of hydrogen-bond donors (Lipinski definition) is 2. The van der Waals surface area contributed by atoms with Crippen molar-refractivity contribution in [3.63, 3.8) is 0 Å². The first-order valence-corrected chi connectivity index (χ1v) is 4.32. The van der Waals surface area contributed by atoms with Crippen molar-refractivity contribution < 1.29 is 9.90 Å². The maximum atomic E-state index is 10.9. The van der Waals surface area contributed by atoms with Gasteiger partial charge in [0, 0.05) is 6.54 Å². The summed E-state index contributed by atoms with van der Waals surface area (Å²) in [6.07, 6.45) is 1.23. The fourth-order valence-electron chi connectivity index (χ4n) is 1.09. The minimum atomic E-state index is -0.198. The number of phenols is 1. The Morgan fingerprint density at radius 1 is 1.64 bits per heavy atom. The SMILES string of the molecule is C=CC(=O)NCc1ccc(O)c(C)c1. The molecule has 0 unspecified atom stereocenters. The van der Waals surface area contributed by atoms with Crippen LogP contribution in [0.15, 0.2) is 30.9 Å². The maximum absolute atomic E-state index is 10.9. The number of benzene rings is 1. The average molecular weight is 191 g/mol. The van der Waals surface area contributed by atoms with Gasteiger partial charge in [-0.3, -0.25) is 4.79 Å². The van der Waals surface area contributed by atoms with Crippen molar-refractivity contribution in [1.29, 1.82) is 0 Å². The van der Waals surface area contributed by atoms with E-state index in [-0.39, 0.29) is 11.7 Å². The lowest BCUT2D eigenvalue weighted by molar-refractivity contribution is -0.116. The number of phenolic OH excluding ortho intramolecular Hbond substituents is 1. The third kappa shape index (κ3) is 2.62. The van der Waals surface area contributed by atoms with Crippen LogP contribution in [0, 0.1) is 6.92 Å². The van der Waals surface area contributed by atoms with Crippen molar-refractivity contribution in [2.45, 2.75) is 13.5 Å².